The second-order valence-electron chi connectivity index (χ2n) is 5.22. The highest BCUT2D eigenvalue weighted by atomic mass is 32.1. The SMILES string of the molecule is CCCn1ncnc1CN1CCc2cc(C(=O)O)sc2C1. The van der Waals surface area contributed by atoms with Gasteiger partial charge in [-0.1, -0.05) is 6.92 Å². The summed E-state index contributed by atoms with van der Waals surface area (Å²) in [6.45, 7) is 5.50. The predicted molar refractivity (Wildman–Crippen MR) is 79.4 cm³/mol. The van der Waals surface area contributed by atoms with E-state index < -0.39 is 5.97 Å². The van der Waals surface area contributed by atoms with Crippen LogP contribution in [0.5, 0.6) is 0 Å². The smallest absolute Gasteiger partial charge is 0.345 e. The van der Waals surface area contributed by atoms with Crippen molar-refractivity contribution in [2.45, 2.75) is 39.4 Å². The van der Waals surface area contributed by atoms with Crippen LogP contribution >= 0.6 is 11.3 Å². The van der Waals surface area contributed by atoms with Gasteiger partial charge in [-0.05, 0) is 24.5 Å². The first kappa shape index (κ1) is 14.2. The first-order valence-corrected chi connectivity index (χ1v) is 7.93. The monoisotopic (exact) mass is 306 g/mol. The van der Waals surface area contributed by atoms with E-state index in [0.29, 0.717) is 4.88 Å². The van der Waals surface area contributed by atoms with E-state index in [-0.39, 0.29) is 0 Å². The number of aryl methyl sites for hydroxylation is 1. The Hall–Kier alpha value is -1.73. The van der Waals surface area contributed by atoms with Crippen molar-refractivity contribution < 1.29 is 9.90 Å². The predicted octanol–water partition coefficient (Wildman–Crippen LogP) is 2.01. The molecule has 2 aromatic heterocycles. The Labute approximate surface area is 127 Å². The number of nitrogens with zero attached hydrogens (tertiary/aromatic N) is 4. The van der Waals surface area contributed by atoms with E-state index >= 15 is 0 Å². The number of hydrogen-bond acceptors (Lipinski definition) is 5. The topological polar surface area (TPSA) is 71.2 Å². The van der Waals surface area contributed by atoms with Gasteiger partial charge in [0.15, 0.2) is 0 Å². The van der Waals surface area contributed by atoms with Crippen LogP contribution < -0.4 is 0 Å². The number of carboxylic acid groups (broad SMARTS) is 1. The highest BCUT2D eigenvalue weighted by Gasteiger charge is 2.22. The number of carbonyl (C=O) groups is 1. The molecule has 0 saturated heterocycles. The van der Waals surface area contributed by atoms with Crippen molar-refractivity contribution in [3.05, 3.63) is 33.5 Å². The standard InChI is InChI=1S/C14H18N4O2S/c1-2-4-18-13(15-9-16-18)8-17-5-3-10-6-11(14(19)20)21-12(10)7-17/h6,9H,2-5,7-8H2,1H3,(H,19,20). The third kappa shape index (κ3) is 2.98. The molecule has 6 nitrogen and oxygen atoms in total. The fraction of sp³-hybridized carbons (Fsp3) is 0.500. The number of aromatic nitrogens is 3. The number of fused-ring (bicyclic) bond motifs is 1. The number of hydrogen-bond donors (Lipinski definition) is 1. The summed E-state index contributed by atoms with van der Waals surface area (Å²) < 4.78 is 1.95. The minimum absolute atomic E-state index is 0.441. The second kappa shape index (κ2) is 5.95. The molecule has 0 saturated carbocycles. The van der Waals surface area contributed by atoms with Crippen LogP contribution in [0.25, 0.3) is 0 Å². The quantitative estimate of drug-likeness (QED) is 0.915. The Bertz CT molecular complexity index is 649. The third-order valence-corrected chi connectivity index (χ3v) is 4.82. The van der Waals surface area contributed by atoms with E-state index in [1.165, 1.54) is 21.8 Å². The maximum absolute atomic E-state index is 11.0. The van der Waals surface area contributed by atoms with E-state index in [1.807, 2.05) is 10.7 Å². The van der Waals surface area contributed by atoms with E-state index in [1.54, 1.807) is 6.33 Å². The van der Waals surface area contributed by atoms with Crippen molar-refractivity contribution >= 4 is 17.3 Å². The average molecular weight is 306 g/mol. The molecule has 3 heterocycles. The molecule has 0 fully saturated rings. The van der Waals surface area contributed by atoms with Crippen molar-refractivity contribution in [3.63, 3.8) is 0 Å². The van der Waals surface area contributed by atoms with Crippen LogP contribution in [0.1, 0.15) is 39.3 Å². The lowest BCUT2D eigenvalue weighted by atomic mass is 10.1. The summed E-state index contributed by atoms with van der Waals surface area (Å²) in [4.78, 5) is 19.3. The van der Waals surface area contributed by atoms with Crippen LogP contribution in [0.3, 0.4) is 0 Å². The molecule has 21 heavy (non-hydrogen) atoms. The van der Waals surface area contributed by atoms with Crippen molar-refractivity contribution in [2.24, 2.45) is 0 Å². The van der Waals surface area contributed by atoms with Gasteiger partial charge in [-0.2, -0.15) is 5.10 Å². The van der Waals surface area contributed by atoms with Crippen LogP contribution in [0.4, 0.5) is 0 Å². The van der Waals surface area contributed by atoms with Gasteiger partial charge in [0.1, 0.15) is 17.0 Å². The van der Waals surface area contributed by atoms with Gasteiger partial charge >= 0.3 is 5.97 Å². The lowest BCUT2D eigenvalue weighted by Gasteiger charge is -2.26. The summed E-state index contributed by atoms with van der Waals surface area (Å²) in [5.74, 6) is 0.152. The molecule has 112 valence electrons. The van der Waals surface area contributed by atoms with Crippen LogP contribution in [-0.2, 0) is 26.1 Å². The fourth-order valence-corrected chi connectivity index (χ4v) is 3.72. The number of carboxylic acids is 1. The Morgan fingerprint density at radius 1 is 1.52 bits per heavy atom. The zero-order valence-corrected chi connectivity index (χ0v) is 12.8. The Kier molecular flexibility index (Phi) is 4.03. The highest BCUT2D eigenvalue weighted by Crippen LogP contribution is 2.28. The molecule has 0 bridgehead atoms. The van der Waals surface area contributed by atoms with Gasteiger partial charge in [0, 0.05) is 24.5 Å². The molecule has 0 aromatic carbocycles. The summed E-state index contributed by atoms with van der Waals surface area (Å²) >= 11 is 1.39. The van der Waals surface area contributed by atoms with Gasteiger partial charge in [0.05, 0.1) is 6.54 Å². The lowest BCUT2D eigenvalue weighted by molar-refractivity contribution is 0.0702. The molecule has 2 aromatic rings. The van der Waals surface area contributed by atoms with Gasteiger partial charge in [-0.3, -0.25) is 4.90 Å². The van der Waals surface area contributed by atoms with Crippen LogP contribution in [0.2, 0.25) is 0 Å². The Balaban J connectivity index is 1.71. The number of rotatable bonds is 5. The van der Waals surface area contributed by atoms with Crippen LogP contribution in [0.15, 0.2) is 12.4 Å². The molecular formula is C14H18N4O2S. The second-order valence-corrected chi connectivity index (χ2v) is 6.36. The van der Waals surface area contributed by atoms with Crippen molar-refractivity contribution in [1.29, 1.82) is 0 Å². The molecule has 0 spiro atoms. The molecule has 7 heteroatoms. The van der Waals surface area contributed by atoms with Gasteiger partial charge in [-0.15, -0.1) is 11.3 Å². The average Bonchev–Trinajstić information content (AvgIpc) is 3.06. The molecule has 0 unspecified atom stereocenters. The van der Waals surface area contributed by atoms with Gasteiger partial charge in [0.2, 0.25) is 0 Å². The molecular weight excluding hydrogens is 288 g/mol. The molecule has 0 amide bonds. The molecule has 3 rings (SSSR count). The normalized spacial score (nSPS) is 15.1. The van der Waals surface area contributed by atoms with Crippen LogP contribution in [-0.4, -0.2) is 37.3 Å². The highest BCUT2D eigenvalue weighted by molar-refractivity contribution is 7.14. The van der Waals surface area contributed by atoms with E-state index in [2.05, 4.69) is 21.9 Å². The zero-order chi connectivity index (χ0) is 14.8. The van der Waals surface area contributed by atoms with Crippen molar-refractivity contribution in [1.82, 2.24) is 19.7 Å². The molecule has 0 aliphatic carbocycles. The van der Waals surface area contributed by atoms with E-state index in [4.69, 9.17) is 5.11 Å². The summed E-state index contributed by atoms with van der Waals surface area (Å²) in [7, 11) is 0. The van der Waals surface area contributed by atoms with Crippen LogP contribution in [0, 0.1) is 0 Å². The molecule has 1 aliphatic rings. The summed E-state index contributed by atoms with van der Waals surface area (Å²) in [6, 6.07) is 1.82. The van der Waals surface area contributed by atoms with E-state index in [9.17, 15) is 4.79 Å². The zero-order valence-electron chi connectivity index (χ0n) is 11.9. The molecule has 0 atom stereocenters. The molecule has 1 aliphatic heterocycles. The number of aromatic carboxylic acids is 1. The van der Waals surface area contributed by atoms with E-state index in [0.717, 1.165) is 44.8 Å². The summed E-state index contributed by atoms with van der Waals surface area (Å²) in [5.41, 5.74) is 1.18. The maximum atomic E-state index is 11.0. The summed E-state index contributed by atoms with van der Waals surface area (Å²) in [5, 5.41) is 13.3. The summed E-state index contributed by atoms with van der Waals surface area (Å²) in [6.07, 6.45) is 3.54. The minimum Gasteiger partial charge on any atom is -0.477 e. The van der Waals surface area contributed by atoms with Gasteiger partial charge in [0.25, 0.3) is 0 Å². The lowest BCUT2D eigenvalue weighted by Crippen LogP contribution is -2.30. The minimum atomic E-state index is -0.830. The van der Waals surface area contributed by atoms with Gasteiger partial charge < -0.3 is 5.11 Å². The Morgan fingerprint density at radius 3 is 3.14 bits per heavy atom. The third-order valence-electron chi connectivity index (χ3n) is 3.67. The fourth-order valence-electron chi connectivity index (χ4n) is 2.62. The molecule has 0 radical (unpaired) electrons. The molecule has 1 N–H and O–H groups in total. The van der Waals surface area contributed by atoms with Crippen molar-refractivity contribution in [2.75, 3.05) is 6.54 Å². The van der Waals surface area contributed by atoms with Gasteiger partial charge in [-0.25, -0.2) is 14.5 Å². The first-order valence-electron chi connectivity index (χ1n) is 7.11. The maximum Gasteiger partial charge on any atom is 0.345 e. The largest absolute Gasteiger partial charge is 0.477 e. The first-order chi connectivity index (χ1) is 10.2. The number of thiophene rings is 1. The Morgan fingerprint density at radius 2 is 2.38 bits per heavy atom. The van der Waals surface area contributed by atoms with Crippen molar-refractivity contribution in [3.8, 4) is 0 Å².